The third kappa shape index (κ3) is 11.5. The van der Waals surface area contributed by atoms with Gasteiger partial charge in [-0.1, -0.05) is 67.2 Å². The van der Waals surface area contributed by atoms with Gasteiger partial charge in [0.1, 0.15) is 37.1 Å². The van der Waals surface area contributed by atoms with E-state index in [1.165, 1.54) is 6.92 Å². The van der Waals surface area contributed by atoms with Crippen LogP contribution >= 0.6 is 0 Å². The van der Waals surface area contributed by atoms with Crippen LogP contribution in [0.2, 0.25) is 0 Å². The number of aliphatic hydroxyl groups excluding tert-OH is 3. The van der Waals surface area contributed by atoms with E-state index in [0.29, 0.717) is 19.4 Å². The standard InChI is InChI=1S/C29H55NO9/c1-8-16-30-27(35)37-18-22-23(32)24(33)25(34)26(39-22)36-17-14-21(38-20(6)31)13-15-29(11-4,12-5)19-28(7,9-2)10-3/h21-26,32-34H,8-19H2,1-7H3,(H,30,35). The Morgan fingerprint density at radius 1 is 0.949 bits per heavy atom. The smallest absolute Gasteiger partial charge is 0.407 e. The van der Waals surface area contributed by atoms with Crippen molar-refractivity contribution in [2.24, 2.45) is 10.8 Å². The van der Waals surface area contributed by atoms with Crippen LogP contribution in [0.15, 0.2) is 0 Å². The molecule has 0 saturated carbocycles. The first-order chi connectivity index (χ1) is 18.4. The van der Waals surface area contributed by atoms with Gasteiger partial charge in [-0.05, 0) is 36.5 Å². The van der Waals surface area contributed by atoms with Crippen molar-refractivity contribution in [3.05, 3.63) is 0 Å². The molecule has 0 aromatic rings. The average molecular weight is 562 g/mol. The first-order valence-electron chi connectivity index (χ1n) is 14.8. The number of carbonyl (C=O) groups is 2. The van der Waals surface area contributed by atoms with Gasteiger partial charge in [0, 0.05) is 19.9 Å². The first kappa shape index (κ1) is 35.6. The predicted octanol–water partition coefficient (Wildman–Crippen LogP) is 4.07. The normalized spacial score (nSPS) is 24.7. The zero-order valence-electron chi connectivity index (χ0n) is 25.2. The van der Waals surface area contributed by atoms with E-state index in [1.807, 2.05) is 6.92 Å². The summed E-state index contributed by atoms with van der Waals surface area (Å²) in [6.07, 6.45) is 0.325. The molecule has 1 fully saturated rings. The number of nitrogens with one attached hydrogen (secondary N) is 1. The number of rotatable bonds is 18. The highest BCUT2D eigenvalue weighted by Gasteiger charge is 2.45. The number of hydrogen-bond acceptors (Lipinski definition) is 9. The Morgan fingerprint density at radius 2 is 1.59 bits per heavy atom. The fraction of sp³-hybridized carbons (Fsp3) is 0.931. The molecule has 1 heterocycles. The second-order valence-electron chi connectivity index (χ2n) is 11.4. The Hall–Kier alpha value is -1.46. The van der Waals surface area contributed by atoms with E-state index < -0.39 is 36.8 Å². The van der Waals surface area contributed by atoms with E-state index in [9.17, 15) is 24.9 Å². The maximum atomic E-state index is 11.8. The summed E-state index contributed by atoms with van der Waals surface area (Å²) in [6.45, 7) is 14.8. The topological polar surface area (TPSA) is 144 Å². The minimum atomic E-state index is -1.54. The maximum absolute atomic E-state index is 11.8. The molecule has 4 N–H and O–H groups in total. The number of aliphatic hydroxyl groups is 3. The minimum Gasteiger partial charge on any atom is -0.462 e. The summed E-state index contributed by atoms with van der Waals surface area (Å²) in [5, 5.41) is 33.5. The van der Waals surface area contributed by atoms with Crippen molar-refractivity contribution in [1.29, 1.82) is 0 Å². The zero-order chi connectivity index (χ0) is 29.6. The molecule has 0 aromatic heterocycles. The van der Waals surface area contributed by atoms with Crippen LogP contribution in [0.1, 0.15) is 106 Å². The van der Waals surface area contributed by atoms with Crippen LogP contribution in [-0.4, -0.2) is 84.0 Å². The summed E-state index contributed by atoms with van der Waals surface area (Å²) in [7, 11) is 0. The van der Waals surface area contributed by atoms with Crippen molar-refractivity contribution in [3.8, 4) is 0 Å². The number of hydrogen-bond donors (Lipinski definition) is 4. The molecule has 0 aliphatic carbocycles. The SMILES string of the molecule is CCCNC(=O)OCC1OC(OCCC(CCC(CC)(CC)CC(C)(CC)CC)OC(C)=O)C(O)C(O)C1O. The summed E-state index contributed by atoms with van der Waals surface area (Å²) in [6, 6.07) is 0. The molecule has 0 radical (unpaired) electrons. The molecule has 0 spiro atoms. The molecular weight excluding hydrogens is 506 g/mol. The summed E-state index contributed by atoms with van der Waals surface area (Å²) in [5.41, 5.74) is 0.419. The van der Waals surface area contributed by atoms with Crippen LogP contribution in [0.5, 0.6) is 0 Å². The van der Waals surface area contributed by atoms with Crippen molar-refractivity contribution in [3.63, 3.8) is 0 Å². The van der Waals surface area contributed by atoms with E-state index in [1.54, 1.807) is 0 Å². The molecule has 230 valence electrons. The van der Waals surface area contributed by atoms with Gasteiger partial charge in [0.05, 0.1) is 6.61 Å². The number of alkyl carbamates (subject to hydrolysis) is 1. The summed E-state index contributed by atoms with van der Waals surface area (Å²) >= 11 is 0. The molecule has 1 aliphatic heterocycles. The van der Waals surface area contributed by atoms with E-state index in [-0.39, 0.29) is 36.1 Å². The van der Waals surface area contributed by atoms with Crippen LogP contribution in [0, 0.1) is 10.8 Å². The molecule has 1 amide bonds. The van der Waals surface area contributed by atoms with Crippen LogP contribution in [0.25, 0.3) is 0 Å². The third-order valence-electron chi connectivity index (χ3n) is 8.63. The largest absolute Gasteiger partial charge is 0.462 e. The van der Waals surface area contributed by atoms with Gasteiger partial charge in [0.2, 0.25) is 0 Å². The van der Waals surface area contributed by atoms with Crippen LogP contribution in [0.3, 0.4) is 0 Å². The van der Waals surface area contributed by atoms with Crippen molar-refractivity contribution >= 4 is 12.1 Å². The molecule has 10 nitrogen and oxygen atoms in total. The highest BCUT2D eigenvalue weighted by molar-refractivity contribution is 5.67. The minimum absolute atomic E-state index is 0.0972. The van der Waals surface area contributed by atoms with Gasteiger partial charge in [0.15, 0.2) is 6.29 Å². The van der Waals surface area contributed by atoms with Gasteiger partial charge in [-0.2, -0.15) is 0 Å². The van der Waals surface area contributed by atoms with Crippen LogP contribution in [0.4, 0.5) is 4.79 Å². The van der Waals surface area contributed by atoms with E-state index in [2.05, 4.69) is 39.9 Å². The van der Waals surface area contributed by atoms with Crippen molar-refractivity contribution in [2.75, 3.05) is 19.8 Å². The van der Waals surface area contributed by atoms with Gasteiger partial charge >= 0.3 is 12.1 Å². The molecule has 1 aliphatic rings. The van der Waals surface area contributed by atoms with Crippen molar-refractivity contribution < 1.29 is 43.9 Å². The fourth-order valence-corrected chi connectivity index (χ4v) is 5.25. The Balaban J connectivity index is 2.77. The Labute approximate surface area is 235 Å². The number of carbonyl (C=O) groups excluding carboxylic acids is 2. The molecule has 0 bridgehead atoms. The lowest BCUT2D eigenvalue weighted by atomic mass is 9.65. The monoisotopic (exact) mass is 561 g/mol. The third-order valence-corrected chi connectivity index (χ3v) is 8.63. The number of ether oxygens (including phenoxy) is 4. The summed E-state index contributed by atoms with van der Waals surface area (Å²) in [5.74, 6) is -0.364. The van der Waals surface area contributed by atoms with E-state index in [4.69, 9.17) is 18.9 Å². The van der Waals surface area contributed by atoms with Crippen molar-refractivity contribution in [2.45, 2.75) is 143 Å². The average Bonchev–Trinajstić information content (AvgIpc) is 2.92. The Morgan fingerprint density at radius 3 is 2.13 bits per heavy atom. The van der Waals surface area contributed by atoms with E-state index in [0.717, 1.165) is 44.9 Å². The number of esters is 1. The maximum Gasteiger partial charge on any atom is 0.407 e. The molecule has 6 unspecified atom stereocenters. The van der Waals surface area contributed by atoms with Crippen molar-refractivity contribution in [1.82, 2.24) is 5.32 Å². The predicted molar refractivity (Wildman–Crippen MR) is 148 cm³/mol. The Kier molecular flexibility index (Phi) is 15.8. The van der Waals surface area contributed by atoms with Crippen LogP contribution < -0.4 is 5.32 Å². The Bertz CT molecular complexity index is 711. The lowest BCUT2D eigenvalue weighted by Crippen LogP contribution is -2.59. The lowest BCUT2D eigenvalue weighted by Gasteiger charge is -2.41. The fourth-order valence-electron chi connectivity index (χ4n) is 5.25. The molecule has 6 atom stereocenters. The van der Waals surface area contributed by atoms with Gasteiger partial charge in [-0.3, -0.25) is 4.79 Å². The second kappa shape index (κ2) is 17.4. The molecule has 10 heteroatoms. The van der Waals surface area contributed by atoms with Gasteiger partial charge in [-0.15, -0.1) is 0 Å². The molecule has 1 rings (SSSR count). The lowest BCUT2D eigenvalue weighted by molar-refractivity contribution is -0.301. The second-order valence-corrected chi connectivity index (χ2v) is 11.4. The highest BCUT2D eigenvalue weighted by Crippen LogP contribution is 2.46. The van der Waals surface area contributed by atoms with Crippen LogP contribution in [-0.2, 0) is 23.7 Å². The summed E-state index contributed by atoms with van der Waals surface area (Å²) < 4.78 is 22.1. The molecular formula is C29H55NO9. The van der Waals surface area contributed by atoms with E-state index >= 15 is 0 Å². The molecule has 1 saturated heterocycles. The van der Waals surface area contributed by atoms with Gasteiger partial charge in [-0.25, -0.2) is 4.79 Å². The highest BCUT2D eigenvalue weighted by atomic mass is 16.7. The quantitative estimate of drug-likeness (QED) is 0.182. The van der Waals surface area contributed by atoms with Gasteiger partial charge < -0.3 is 39.6 Å². The molecule has 0 aromatic carbocycles. The zero-order valence-corrected chi connectivity index (χ0v) is 25.2. The first-order valence-corrected chi connectivity index (χ1v) is 14.8. The van der Waals surface area contributed by atoms with Gasteiger partial charge in [0.25, 0.3) is 0 Å². The summed E-state index contributed by atoms with van der Waals surface area (Å²) in [4.78, 5) is 23.6. The molecule has 39 heavy (non-hydrogen) atoms. The number of amides is 1.